The quantitative estimate of drug-likeness (QED) is 0.350. The van der Waals surface area contributed by atoms with Crippen molar-refractivity contribution in [3.63, 3.8) is 0 Å². The number of thiophene rings is 1. The van der Waals surface area contributed by atoms with Gasteiger partial charge in [0.15, 0.2) is 11.4 Å². The minimum Gasteiger partial charge on any atom is -0.294 e. The van der Waals surface area contributed by atoms with Gasteiger partial charge < -0.3 is 0 Å². The van der Waals surface area contributed by atoms with Crippen molar-refractivity contribution in [1.82, 2.24) is 14.6 Å². The number of fused-ring (bicyclic) bond motifs is 2. The second-order valence-corrected chi connectivity index (χ2v) is 9.03. The lowest BCUT2D eigenvalue weighted by molar-refractivity contribution is 0.101. The smallest absolute Gasteiger partial charge is 0.161 e. The van der Waals surface area contributed by atoms with E-state index in [9.17, 15) is 4.79 Å². The number of Topliss-reactive ketones (excluding diaryl/α,β-unsaturated/α-hetero) is 1. The van der Waals surface area contributed by atoms with Crippen molar-refractivity contribution in [2.24, 2.45) is 0 Å². The van der Waals surface area contributed by atoms with Crippen molar-refractivity contribution >= 4 is 32.9 Å². The highest BCUT2D eigenvalue weighted by Crippen LogP contribution is 2.42. The number of aryl methyl sites for hydroxylation is 3. The van der Waals surface area contributed by atoms with Crippen LogP contribution in [0.4, 0.5) is 0 Å². The number of imidazole rings is 1. The van der Waals surface area contributed by atoms with Crippen LogP contribution in [0.5, 0.6) is 0 Å². The topological polar surface area (TPSA) is 47.3 Å². The summed E-state index contributed by atoms with van der Waals surface area (Å²) in [6.07, 6.45) is 2.17. The summed E-state index contributed by atoms with van der Waals surface area (Å²) in [7, 11) is 0. The summed E-state index contributed by atoms with van der Waals surface area (Å²) >= 11 is 1.68. The Hall–Kier alpha value is -2.53. The van der Waals surface area contributed by atoms with Crippen LogP contribution in [0.3, 0.4) is 0 Å². The molecule has 1 aromatic carbocycles. The Kier molecular flexibility index (Phi) is 5.03. The van der Waals surface area contributed by atoms with Crippen LogP contribution in [-0.4, -0.2) is 20.4 Å². The van der Waals surface area contributed by atoms with Gasteiger partial charge in [0.2, 0.25) is 0 Å². The van der Waals surface area contributed by atoms with Crippen molar-refractivity contribution in [3.05, 3.63) is 51.7 Å². The molecule has 0 unspecified atom stereocenters. The number of hydrogen-bond acceptors (Lipinski definition) is 4. The number of benzene rings is 1. The number of carbonyl (C=O) groups excluding carboxylic acids is 1. The maximum Gasteiger partial charge on any atom is 0.161 e. The predicted octanol–water partition coefficient (Wildman–Crippen LogP) is 6.64. The predicted molar refractivity (Wildman–Crippen MR) is 121 cm³/mol. The summed E-state index contributed by atoms with van der Waals surface area (Å²) in [6, 6.07) is 8.19. The molecule has 3 heterocycles. The molecule has 0 fully saturated rings. The van der Waals surface area contributed by atoms with Crippen LogP contribution in [0.1, 0.15) is 71.7 Å². The number of nitrogens with zero attached hydrogens (tertiary/aromatic N) is 3. The lowest BCUT2D eigenvalue weighted by Gasteiger charge is -2.15. The maximum absolute atomic E-state index is 12.2. The summed E-state index contributed by atoms with van der Waals surface area (Å²) in [6.45, 7) is 12.3. The number of hydrogen-bond donors (Lipinski definition) is 0. The zero-order valence-corrected chi connectivity index (χ0v) is 18.8. The molecular weight excluding hydrogens is 378 g/mol. The highest BCUT2D eigenvalue weighted by Gasteiger charge is 2.23. The molecule has 4 aromatic rings. The van der Waals surface area contributed by atoms with E-state index in [1.807, 2.05) is 16.6 Å². The van der Waals surface area contributed by atoms with E-state index in [0.717, 1.165) is 56.8 Å². The minimum absolute atomic E-state index is 0.100. The molecule has 0 aliphatic carbocycles. The maximum atomic E-state index is 12.2. The van der Waals surface area contributed by atoms with Crippen LogP contribution in [0.25, 0.3) is 27.0 Å². The third-order valence-corrected chi connectivity index (χ3v) is 7.00. The van der Waals surface area contributed by atoms with Gasteiger partial charge in [0.1, 0.15) is 0 Å². The van der Waals surface area contributed by atoms with Crippen LogP contribution in [0.15, 0.2) is 24.3 Å². The zero-order chi connectivity index (χ0) is 20.9. The second kappa shape index (κ2) is 7.38. The molecule has 29 heavy (non-hydrogen) atoms. The van der Waals surface area contributed by atoms with Crippen molar-refractivity contribution in [2.45, 2.75) is 60.3 Å². The monoisotopic (exact) mass is 405 g/mol. The average molecular weight is 406 g/mol. The number of aromatic nitrogens is 3. The van der Waals surface area contributed by atoms with E-state index < -0.39 is 0 Å². The molecule has 0 bridgehead atoms. The van der Waals surface area contributed by atoms with E-state index in [1.165, 1.54) is 10.4 Å². The van der Waals surface area contributed by atoms with Gasteiger partial charge in [-0.05, 0) is 58.6 Å². The molecule has 5 heteroatoms. The molecule has 3 aromatic heterocycles. The Morgan fingerprint density at radius 1 is 1.17 bits per heavy atom. The van der Waals surface area contributed by atoms with E-state index in [4.69, 9.17) is 10.1 Å². The van der Waals surface area contributed by atoms with Gasteiger partial charge in [-0.2, -0.15) is 5.10 Å². The molecule has 0 saturated carbocycles. The molecule has 0 saturated heterocycles. The molecule has 0 amide bonds. The standard InChI is InChI=1S/C24H27N3OS/c1-7-17(8-2)20-12-13(3)26-27-22(14(4)25-24(20)27)21-16(6)29-23-18(15(5)28)10-9-11-19(21)23/h9-12,17H,7-8H2,1-6H3. The molecule has 0 N–H and O–H groups in total. The summed E-state index contributed by atoms with van der Waals surface area (Å²) in [5.74, 6) is 0.571. The van der Waals surface area contributed by atoms with Gasteiger partial charge in [0, 0.05) is 31.7 Å². The number of rotatable bonds is 5. The third kappa shape index (κ3) is 3.08. The molecule has 150 valence electrons. The molecular formula is C24H27N3OS. The first-order valence-electron chi connectivity index (χ1n) is 10.3. The highest BCUT2D eigenvalue weighted by molar-refractivity contribution is 7.20. The highest BCUT2D eigenvalue weighted by atomic mass is 32.1. The Morgan fingerprint density at radius 2 is 1.90 bits per heavy atom. The van der Waals surface area contributed by atoms with E-state index in [-0.39, 0.29) is 5.78 Å². The molecule has 4 rings (SSSR count). The van der Waals surface area contributed by atoms with Gasteiger partial charge in [0.05, 0.1) is 17.1 Å². The summed E-state index contributed by atoms with van der Waals surface area (Å²) in [4.78, 5) is 18.3. The van der Waals surface area contributed by atoms with E-state index in [2.05, 4.69) is 46.8 Å². The van der Waals surface area contributed by atoms with Crippen LogP contribution >= 0.6 is 11.3 Å². The molecule has 4 nitrogen and oxygen atoms in total. The fourth-order valence-corrected chi connectivity index (χ4v) is 5.62. The lowest BCUT2D eigenvalue weighted by atomic mass is 9.95. The third-order valence-electron chi connectivity index (χ3n) is 5.84. The van der Waals surface area contributed by atoms with Crippen molar-refractivity contribution < 1.29 is 4.79 Å². The summed E-state index contributed by atoms with van der Waals surface area (Å²) in [5, 5.41) is 5.97. The van der Waals surface area contributed by atoms with Crippen LogP contribution in [0.2, 0.25) is 0 Å². The van der Waals surface area contributed by atoms with Crippen LogP contribution in [0, 0.1) is 20.8 Å². The van der Waals surface area contributed by atoms with Gasteiger partial charge in [-0.15, -0.1) is 11.3 Å². The first-order valence-corrected chi connectivity index (χ1v) is 11.1. The lowest BCUT2D eigenvalue weighted by Crippen LogP contribution is -2.05. The summed E-state index contributed by atoms with van der Waals surface area (Å²) in [5.41, 5.74) is 7.19. The van der Waals surface area contributed by atoms with Crippen molar-refractivity contribution in [3.8, 4) is 11.3 Å². The van der Waals surface area contributed by atoms with Crippen LogP contribution < -0.4 is 0 Å². The van der Waals surface area contributed by atoms with Crippen molar-refractivity contribution in [2.75, 3.05) is 0 Å². The van der Waals surface area contributed by atoms with E-state index in [0.29, 0.717) is 5.92 Å². The Morgan fingerprint density at radius 3 is 2.55 bits per heavy atom. The Bertz CT molecular complexity index is 1240. The van der Waals surface area contributed by atoms with Gasteiger partial charge in [0.25, 0.3) is 0 Å². The second-order valence-electron chi connectivity index (χ2n) is 7.81. The Balaban J connectivity index is 2.08. The van der Waals surface area contributed by atoms with Gasteiger partial charge >= 0.3 is 0 Å². The number of carbonyl (C=O) groups is 1. The van der Waals surface area contributed by atoms with Crippen LogP contribution in [-0.2, 0) is 0 Å². The van der Waals surface area contributed by atoms with E-state index in [1.54, 1.807) is 18.3 Å². The molecule has 0 radical (unpaired) electrons. The summed E-state index contributed by atoms with van der Waals surface area (Å²) < 4.78 is 3.09. The SMILES string of the molecule is CCC(CC)c1cc(C)nn2c(-c3c(C)sc4c(C(C)=O)cccc34)c(C)nc12. The molecule has 0 spiro atoms. The Labute approximate surface area is 175 Å². The van der Waals surface area contributed by atoms with Gasteiger partial charge in [-0.3, -0.25) is 4.79 Å². The van der Waals surface area contributed by atoms with E-state index >= 15 is 0 Å². The molecule has 0 atom stereocenters. The largest absolute Gasteiger partial charge is 0.294 e. The van der Waals surface area contributed by atoms with Gasteiger partial charge in [-0.25, -0.2) is 9.50 Å². The first kappa shape index (κ1) is 19.8. The van der Waals surface area contributed by atoms with Crippen molar-refractivity contribution in [1.29, 1.82) is 0 Å². The zero-order valence-electron chi connectivity index (χ0n) is 18.0. The average Bonchev–Trinajstić information content (AvgIpc) is 3.17. The fourth-order valence-electron chi connectivity index (χ4n) is 4.40. The van der Waals surface area contributed by atoms with Gasteiger partial charge in [-0.1, -0.05) is 26.0 Å². The fraction of sp³-hybridized carbons (Fsp3) is 0.375. The molecule has 0 aliphatic rings. The molecule has 0 aliphatic heterocycles. The minimum atomic E-state index is 0.100. The normalized spacial score (nSPS) is 11.8. The number of ketones is 1. The first-order chi connectivity index (χ1) is 13.9.